The van der Waals surface area contributed by atoms with Crippen molar-refractivity contribution < 1.29 is 54.7 Å². The van der Waals surface area contributed by atoms with Gasteiger partial charge in [-0.05, 0) is 201 Å². The maximum Gasteiger partial charge on any atom is 0.410 e. The largest absolute Gasteiger partial charge is 0.444 e. The molecular formula is C57H89I3N20O12S2. The highest BCUT2D eigenvalue weighted by molar-refractivity contribution is 14.1. The van der Waals surface area contributed by atoms with Crippen molar-refractivity contribution >= 4 is 157 Å². The Kier molecular flexibility index (Phi) is 26.3. The molecule has 0 bridgehead atoms. The number of nitrogens with zero attached hydrogens (tertiary/aromatic N) is 16. The SMILES string of the molecule is CC(C)(C)OC(=O)N1CCCC(O)C1.CC(C)(C)OC(=O)N1CCCC(OS(C)(=O)=O)C1.CC(C)(C)OC(=O)N1CCCC(n2nc(I)c3c(N)ncnc32)C1.CS(=O)(=O)N1CCCC(n2nc(I)c3c(N)ncnc32)C1.Nc1ncnc2c1c(I)nn2C1CCCNC1. The Morgan fingerprint density at radius 1 is 0.521 bits per heavy atom. The third-order valence-corrected chi connectivity index (χ3v) is 19.2. The monoisotopic (exact) mass is 1690 g/mol. The van der Waals surface area contributed by atoms with Crippen molar-refractivity contribution in [1.82, 2.24) is 83.6 Å². The number of nitrogens with two attached hydrogens (primary N) is 3. The molecular weight excluding hydrogens is 1600 g/mol. The molecule has 5 saturated heterocycles. The molecule has 11 rings (SSSR count). The second-order valence-corrected chi connectivity index (χ2v) is 33.1. The number of aliphatic hydroxyl groups is 1. The number of likely N-dealkylation sites (tertiary alicyclic amines) is 3. The second kappa shape index (κ2) is 32.4. The number of nitrogens with one attached hydrogen (secondary N) is 1. The van der Waals surface area contributed by atoms with Crippen LogP contribution < -0.4 is 22.5 Å². The first-order chi connectivity index (χ1) is 43.9. The number of aromatic nitrogens is 12. The van der Waals surface area contributed by atoms with E-state index in [0.717, 1.165) is 97.2 Å². The maximum absolute atomic E-state index is 12.3. The van der Waals surface area contributed by atoms with Gasteiger partial charge in [0.1, 0.15) is 64.3 Å². The first-order valence-electron chi connectivity index (χ1n) is 30.9. The highest BCUT2D eigenvalue weighted by Gasteiger charge is 2.34. The predicted octanol–water partition coefficient (Wildman–Crippen LogP) is 6.87. The lowest BCUT2D eigenvalue weighted by atomic mass is 10.1. The zero-order chi connectivity index (χ0) is 69.3. The van der Waals surface area contributed by atoms with Gasteiger partial charge in [0.25, 0.3) is 10.1 Å². The van der Waals surface area contributed by atoms with Gasteiger partial charge in [0.05, 0.1) is 65.5 Å². The number of hydrogen-bond acceptors (Lipinski definition) is 25. The molecule has 0 aliphatic carbocycles. The molecule has 3 amide bonds. The first kappa shape index (κ1) is 76.2. The molecule has 0 spiro atoms. The number of ether oxygens (including phenoxy) is 3. The van der Waals surface area contributed by atoms with Crippen molar-refractivity contribution in [2.75, 3.05) is 95.2 Å². The highest BCUT2D eigenvalue weighted by atomic mass is 127. The molecule has 6 aromatic rings. The molecule has 5 aliphatic heterocycles. The van der Waals surface area contributed by atoms with Crippen molar-refractivity contribution in [3.8, 4) is 0 Å². The zero-order valence-corrected chi connectivity index (χ0v) is 63.1. The molecule has 522 valence electrons. The summed E-state index contributed by atoms with van der Waals surface area (Å²) in [4.78, 5) is 65.5. The molecule has 94 heavy (non-hydrogen) atoms. The highest BCUT2D eigenvalue weighted by Crippen LogP contribution is 2.33. The fourth-order valence-electron chi connectivity index (χ4n) is 10.9. The number of anilines is 3. The molecule has 6 aromatic heterocycles. The van der Waals surface area contributed by atoms with Gasteiger partial charge in [0.2, 0.25) is 10.0 Å². The lowest BCUT2D eigenvalue weighted by molar-refractivity contribution is 0.00382. The van der Waals surface area contributed by atoms with E-state index in [1.165, 1.54) is 40.9 Å². The van der Waals surface area contributed by atoms with E-state index in [1.807, 2.05) is 50.9 Å². The van der Waals surface area contributed by atoms with Crippen molar-refractivity contribution in [3.05, 3.63) is 30.1 Å². The quantitative estimate of drug-likeness (QED) is 0.0644. The standard InChI is InChI=1S/C15H21IN6O2.C11H15IN6O2S.C11H21NO5S.C10H13IN6.C10H19NO3/c1-15(2,3)24-14(23)21-6-4-5-9(7-21)22-13-10(11(16)20-22)12(17)18-8-19-13;1-21(19,20)17-4-2-3-7(5-17)18-11-8(9(12)16-18)10(13)14-6-15-11;1-11(2,3)16-10(13)12-7-5-6-9(8-12)17-18(4,14)15;11-8-7-9(12)14-5-15-10(7)17(16-8)6-2-1-3-13-4-6;1-10(2,3)14-9(13)11-6-4-5-8(12)7-11/h8-9H,4-7H2,1-3H3,(H2,17,18,19);6-7H,2-5H2,1H3,(H2,13,14,15);9H,5-8H2,1-4H3;5-6,13H,1-4H2,(H2,12,14,15);8,12H,4-7H2,1-3H3. The fraction of sp³-hybridized carbons (Fsp3) is 0.684. The molecule has 37 heteroatoms. The van der Waals surface area contributed by atoms with Gasteiger partial charge in [0.15, 0.2) is 16.9 Å². The summed E-state index contributed by atoms with van der Waals surface area (Å²) in [5, 5.41) is 28.8. The summed E-state index contributed by atoms with van der Waals surface area (Å²) in [7, 11) is -6.68. The summed E-state index contributed by atoms with van der Waals surface area (Å²) in [6, 6.07) is 0.379. The van der Waals surface area contributed by atoms with Crippen LogP contribution in [-0.4, -0.2) is 225 Å². The van der Waals surface area contributed by atoms with Crippen LogP contribution in [0.15, 0.2) is 19.0 Å². The molecule has 32 nitrogen and oxygen atoms in total. The zero-order valence-electron chi connectivity index (χ0n) is 55.0. The molecule has 0 saturated carbocycles. The van der Waals surface area contributed by atoms with Gasteiger partial charge in [-0.15, -0.1) is 0 Å². The number of halogens is 3. The number of amides is 3. The van der Waals surface area contributed by atoms with Crippen LogP contribution in [0.5, 0.6) is 0 Å². The Morgan fingerprint density at radius 3 is 1.29 bits per heavy atom. The number of sulfonamides is 1. The molecule has 0 aromatic carbocycles. The second-order valence-electron chi connectivity index (χ2n) is 26.4. The summed E-state index contributed by atoms with van der Waals surface area (Å²) in [5.41, 5.74) is 18.4. The number of piperidine rings is 5. The van der Waals surface area contributed by atoms with E-state index in [1.54, 1.807) is 35.3 Å². The molecule has 5 atom stereocenters. The molecule has 5 fully saturated rings. The van der Waals surface area contributed by atoms with Gasteiger partial charge in [0, 0.05) is 52.4 Å². The van der Waals surface area contributed by atoms with Crippen molar-refractivity contribution in [2.45, 2.75) is 174 Å². The average molecular weight is 1690 g/mol. The van der Waals surface area contributed by atoms with Gasteiger partial charge in [-0.25, -0.2) is 71.1 Å². The number of aliphatic hydroxyl groups excluding tert-OH is 1. The normalized spacial score (nSPS) is 20.9. The minimum Gasteiger partial charge on any atom is -0.444 e. The minimum absolute atomic E-state index is 0.0335. The molecule has 11 heterocycles. The third kappa shape index (κ3) is 21.9. The maximum atomic E-state index is 12.3. The number of nitrogen functional groups attached to an aromatic ring is 3. The van der Waals surface area contributed by atoms with Crippen molar-refractivity contribution in [3.63, 3.8) is 0 Å². The summed E-state index contributed by atoms with van der Waals surface area (Å²) < 4.78 is 75.9. The van der Waals surface area contributed by atoms with Crippen LogP contribution in [0.1, 0.15) is 145 Å². The topological polar surface area (TPSA) is 410 Å². The van der Waals surface area contributed by atoms with Crippen LogP contribution in [0.2, 0.25) is 0 Å². The van der Waals surface area contributed by atoms with Crippen LogP contribution in [0.4, 0.5) is 31.8 Å². The average Bonchev–Trinajstić information content (AvgIpc) is 1.64. The molecule has 0 radical (unpaired) electrons. The van der Waals surface area contributed by atoms with Crippen LogP contribution in [0.3, 0.4) is 0 Å². The summed E-state index contributed by atoms with van der Waals surface area (Å²) in [6.07, 6.45) is 13.5. The number of rotatable bonds is 6. The number of fused-ring (bicyclic) bond motifs is 3. The van der Waals surface area contributed by atoms with Gasteiger partial charge in [-0.1, -0.05) is 0 Å². The Morgan fingerprint density at radius 2 is 0.894 bits per heavy atom. The summed E-state index contributed by atoms with van der Waals surface area (Å²) >= 11 is 6.43. The number of carbonyl (C=O) groups is 3. The van der Waals surface area contributed by atoms with E-state index in [9.17, 15) is 36.3 Å². The van der Waals surface area contributed by atoms with Crippen LogP contribution in [0.25, 0.3) is 33.1 Å². The van der Waals surface area contributed by atoms with E-state index in [0.29, 0.717) is 93.4 Å². The van der Waals surface area contributed by atoms with Crippen LogP contribution in [0, 0.1) is 11.1 Å². The number of hydrogen-bond donors (Lipinski definition) is 5. The molecule has 8 N–H and O–H groups in total. The van der Waals surface area contributed by atoms with E-state index < -0.39 is 55.2 Å². The Hall–Kier alpha value is -5.21. The van der Waals surface area contributed by atoms with E-state index in [4.69, 9.17) is 35.6 Å². The number of carbonyl (C=O) groups excluding carboxylic acids is 3. The van der Waals surface area contributed by atoms with E-state index in [2.05, 4.69) is 118 Å². The Labute approximate surface area is 589 Å². The predicted molar refractivity (Wildman–Crippen MR) is 379 cm³/mol. The van der Waals surface area contributed by atoms with Crippen molar-refractivity contribution in [1.29, 1.82) is 0 Å². The summed E-state index contributed by atoms with van der Waals surface area (Å²) in [5.74, 6) is 1.33. The van der Waals surface area contributed by atoms with E-state index >= 15 is 0 Å². The van der Waals surface area contributed by atoms with Crippen LogP contribution >= 0.6 is 67.8 Å². The smallest absolute Gasteiger partial charge is 0.410 e. The Bertz CT molecular complexity index is 3820. The lowest BCUT2D eigenvalue weighted by Gasteiger charge is -2.34. The van der Waals surface area contributed by atoms with Gasteiger partial charge in [-0.2, -0.15) is 23.7 Å². The van der Waals surface area contributed by atoms with Crippen LogP contribution in [-0.2, 0) is 38.5 Å². The molecule has 5 aliphatic rings. The van der Waals surface area contributed by atoms with E-state index in [-0.39, 0.29) is 30.8 Å². The molecule has 5 unspecified atom stereocenters. The van der Waals surface area contributed by atoms with Gasteiger partial charge in [-0.3, -0.25) is 4.18 Å². The van der Waals surface area contributed by atoms with Gasteiger partial charge < -0.3 is 56.5 Å². The van der Waals surface area contributed by atoms with Gasteiger partial charge >= 0.3 is 18.3 Å². The minimum atomic E-state index is -3.49. The third-order valence-electron chi connectivity index (χ3n) is 15.0. The Balaban J connectivity index is 0.000000168. The lowest BCUT2D eigenvalue weighted by Crippen LogP contribution is -2.45. The fourth-order valence-corrected chi connectivity index (χ4v) is 14.7. The first-order valence-corrected chi connectivity index (χ1v) is 37.8. The van der Waals surface area contributed by atoms with Crippen molar-refractivity contribution in [2.24, 2.45) is 0 Å². The number of β-amino-alcohol motifs (C(OH)–C–C–N with tert-alkyl or cyclic N) is 1. The summed E-state index contributed by atoms with van der Waals surface area (Å²) in [6.45, 7) is 22.6.